The molecule has 0 aliphatic rings. The van der Waals surface area contributed by atoms with Crippen LogP contribution in [0.2, 0.25) is 0 Å². The van der Waals surface area contributed by atoms with Crippen LogP contribution in [0.4, 0.5) is 5.69 Å². The molecule has 1 N–H and O–H groups in total. The number of para-hydroxylation sites is 1. The van der Waals surface area contributed by atoms with Gasteiger partial charge in [-0.3, -0.25) is 4.79 Å². The maximum atomic E-state index is 12.4. The van der Waals surface area contributed by atoms with Gasteiger partial charge in [-0.1, -0.05) is 49.0 Å². The fourth-order valence-corrected chi connectivity index (χ4v) is 3.07. The maximum Gasteiger partial charge on any atom is 0.237 e. The van der Waals surface area contributed by atoms with E-state index in [0.717, 1.165) is 17.8 Å². The first-order valence-electron chi connectivity index (χ1n) is 8.07. The summed E-state index contributed by atoms with van der Waals surface area (Å²) in [5.74, 6) is -0.0862. The van der Waals surface area contributed by atoms with Crippen LogP contribution in [0, 0.1) is 0 Å². The molecule has 1 aromatic heterocycles. The molecule has 7 heteroatoms. The number of amides is 1. The molecule has 25 heavy (non-hydrogen) atoms. The molecule has 3 aromatic rings. The lowest BCUT2D eigenvalue weighted by Gasteiger charge is -2.12. The fourth-order valence-electron chi connectivity index (χ4n) is 2.26. The number of hydrogen-bond acceptors (Lipinski definition) is 5. The molecule has 1 atom stereocenters. The predicted octanol–water partition coefficient (Wildman–Crippen LogP) is 3.34. The number of benzene rings is 2. The van der Waals surface area contributed by atoms with Gasteiger partial charge in [-0.15, -0.1) is 5.10 Å². The Morgan fingerprint density at radius 3 is 2.56 bits per heavy atom. The Morgan fingerprint density at radius 2 is 1.88 bits per heavy atom. The minimum Gasteiger partial charge on any atom is -0.325 e. The summed E-state index contributed by atoms with van der Waals surface area (Å²) in [6, 6.07) is 17.5. The number of aryl methyl sites for hydroxylation is 1. The lowest BCUT2D eigenvalue weighted by Crippen LogP contribution is -2.22. The number of rotatable bonds is 6. The number of thioether (sulfide) groups is 1. The van der Waals surface area contributed by atoms with Crippen molar-refractivity contribution in [1.82, 2.24) is 20.2 Å². The number of hydrogen-bond donors (Lipinski definition) is 1. The zero-order chi connectivity index (χ0) is 17.6. The second-order valence-corrected chi connectivity index (χ2v) is 6.82. The van der Waals surface area contributed by atoms with Crippen LogP contribution in [0.25, 0.3) is 5.69 Å². The molecule has 0 aliphatic carbocycles. The van der Waals surface area contributed by atoms with Crippen molar-refractivity contribution >= 4 is 23.4 Å². The summed E-state index contributed by atoms with van der Waals surface area (Å²) in [5, 5.41) is 14.9. The first kappa shape index (κ1) is 17.2. The Labute approximate surface area is 150 Å². The summed E-state index contributed by atoms with van der Waals surface area (Å²) in [6.07, 6.45) is 0.975. The second kappa shape index (κ2) is 7.94. The van der Waals surface area contributed by atoms with E-state index in [-0.39, 0.29) is 11.2 Å². The Hall–Kier alpha value is -2.67. The highest BCUT2D eigenvalue weighted by atomic mass is 32.2. The molecule has 0 saturated carbocycles. The molecule has 0 spiro atoms. The third kappa shape index (κ3) is 4.24. The average Bonchev–Trinajstić information content (AvgIpc) is 3.11. The highest BCUT2D eigenvalue weighted by Crippen LogP contribution is 2.23. The maximum absolute atomic E-state index is 12.4. The predicted molar refractivity (Wildman–Crippen MR) is 98.9 cm³/mol. The minimum atomic E-state index is -0.334. The van der Waals surface area contributed by atoms with E-state index in [0.29, 0.717) is 5.16 Å². The van der Waals surface area contributed by atoms with Crippen molar-refractivity contribution in [1.29, 1.82) is 0 Å². The number of aromatic nitrogens is 4. The van der Waals surface area contributed by atoms with Gasteiger partial charge in [-0.25, -0.2) is 0 Å². The Balaban J connectivity index is 1.67. The van der Waals surface area contributed by atoms with Crippen LogP contribution >= 0.6 is 11.8 Å². The van der Waals surface area contributed by atoms with Gasteiger partial charge in [0.1, 0.15) is 0 Å². The normalized spacial score (nSPS) is 11.9. The number of nitrogens with zero attached hydrogens (tertiary/aromatic N) is 4. The monoisotopic (exact) mass is 353 g/mol. The van der Waals surface area contributed by atoms with E-state index in [1.54, 1.807) is 4.68 Å². The number of nitrogens with one attached hydrogen (secondary N) is 1. The van der Waals surface area contributed by atoms with Gasteiger partial charge < -0.3 is 5.32 Å². The lowest BCUT2D eigenvalue weighted by molar-refractivity contribution is -0.115. The topological polar surface area (TPSA) is 72.7 Å². The molecule has 0 saturated heterocycles. The molecule has 0 bridgehead atoms. The molecule has 0 radical (unpaired) electrons. The van der Waals surface area contributed by atoms with Crippen molar-refractivity contribution < 1.29 is 4.79 Å². The minimum absolute atomic E-state index is 0.0862. The van der Waals surface area contributed by atoms with Crippen LogP contribution < -0.4 is 5.32 Å². The lowest BCUT2D eigenvalue weighted by atomic mass is 10.1. The number of tetrazole rings is 1. The van der Waals surface area contributed by atoms with Crippen LogP contribution in [-0.2, 0) is 11.2 Å². The van der Waals surface area contributed by atoms with Crippen molar-refractivity contribution in [3.8, 4) is 5.69 Å². The Morgan fingerprint density at radius 1 is 1.16 bits per heavy atom. The van der Waals surface area contributed by atoms with E-state index in [1.807, 2.05) is 61.5 Å². The number of anilines is 1. The van der Waals surface area contributed by atoms with Crippen molar-refractivity contribution in [2.75, 3.05) is 5.32 Å². The fraction of sp³-hybridized carbons (Fsp3) is 0.222. The summed E-state index contributed by atoms with van der Waals surface area (Å²) in [7, 11) is 0. The van der Waals surface area contributed by atoms with Gasteiger partial charge >= 0.3 is 0 Å². The van der Waals surface area contributed by atoms with Crippen LogP contribution in [0.15, 0.2) is 59.8 Å². The number of carbonyl (C=O) groups excluding carboxylic acids is 1. The average molecular weight is 353 g/mol. The molecule has 3 rings (SSSR count). The van der Waals surface area contributed by atoms with Gasteiger partial charge in [0, 0.05) is 5.69 Å². The molecular formula is C18H19N5OS. The Bertz CT molecular complexity index is 832. The molecule has 128 valence electrons. The van der Waals surface area contributed by atoms with E-state index in [1.165, 1.54) is 17.3 Å². The molecule has 6 nitrogen and oxygen atoms in total. The SMILES string of the molecule is CCc1ccc(NC(=O)[C@@H](C)Sc2nnnn2-c2ccccc2)cc1. The quantitative estimate of drug-likeness (QED) is 0.688. The van der Waals surface area contributed by atoms with E-state index in [2.05, 4.69) is 27.8 Å². The van der Waals surface area contributed by atoms with Crippen molar-refractivity contribution in [2.24, 2.45) is 0 Å². The van der Waals surface area contributed by atoms with Crippen molar-refractivity contribution in [3.05, 3.63) is 60.2 Å². The zero-order valence-electron chi connectivity index (χ0n) is 14.1. The third-order valence-corrected chi connectivity index (χ3v) is 4.76. The van der Waals surface area contributed by atoms with Crippen LogP contribution in [0.5, 0.6) is 0 Å². The van der Waals surface area contributed by atoms with Gasteiger partial charge in [0.05, 0.1) is 10.9 Å². The van der Waals surface area contributed by atoms with Gasteiger partial charge in [-0.05, 0) is 53.6 Å². The summed E-state index contributed by atoms with van der Waals surface area (Å²) in [5.41, 5.74) is 2.89. The summed E-state index contributed by atoms with van der Waals surface area (Å²) in [6.45, 7) is 3.94. The number of carbonyl (C=O) groups is 1. The standard InChI is InChI=1S/C18H19N5OS/c1-3-14-9-11-15(12-10-14)19-17(24)13(2)25-18-20-21-22-23(18)16-7-5-4-6-8-16/h4-13H,3H2,1-2H3,(H,19,24)/t13-/m1/s1. The van der Waals surface area contributed by atoms with Crippen molar-refractivity contribution in [3.63, 3.8) is 0 Å². The summed E-state index contributed by atoms with van der Waals surface area (Å²) < 4.78 is 1.63. The van der Waals surface area contributed by atoms with E-state index in [9.17, 15) is 4.79 Å². The third-order valence-electron chi connectivity index (χ3n) is 3.72. The molecule has 0 fully saturated rings. The highest BCUT2D eigenvalue weighted by Gasteiger charge is 2.19. The second-order valence-electron chi connectivity index (χ2n) is 5.51. The smallest absolute Gasteiger partial charge is 0.237 e. The van der Waals surface area contributed by atoms with E-state index < -0.39 is 0 Å². The van der Waals surface area contributed by atoms with Crippen LogP contribution in [0.1, 0.15) is 19.4 Å². The summed E-state index contributed by atoms with van der Waals surface area (Å²) in [4.78, 5) is 12.4. The van der Waals surface area contributed by atoms with Crippen LogP contribution in [-0.4, -0.2) is 31.4 Å². The highest BCUT2D eigenvalue weighted by molar-refractivity contribution is 8.00. The molecule has 2 aromatic carbocycles. The molecule has 1 amide bonds. The molecule has 0 aliphatic heterocycles. The Kier molecular flexibility index (Phi) is 5.45. The van der Waals surface area contributed by atoms with Gasteiger partial charge in [-0.2, -0.15) is 4.68 Å². The van der Waals surface area contributed by atoms with E-state index in [4.69, 9.17) is 0 Å². The van der Waals surface area contributed by atoms with E-state index >= 15 is 0 Å². The largest absolute Gasteiger partial charge is 0.325 e. The van der Waals surface area contributed by atoms with Gasteiger partial charge in [0.25, 0.3) is 0 Å². The molecule has 1 heterocycles. The van der Waals surface area contributed by atoms with Gasteiger partial charge in [0.2, 0.25) is 11.1 Å². The zero-order valence-corrected chi connectivity index (χ0v) is 14.9. The first-order chi connectivity index (χ1) is 12.2. The molecule has 0 unspecified atom stereocenters. The van der Waals surface area contributed by atoms with Gasteiger partial charge in [0.15, 0.2) is 0 Å². The first-order valence-corrected chi connectivity index (χ1v) is 8.95. The van der Waals surface area contributed by atoms with Crippen LogP contribution in [0.3, 0.4) is 0 Å². The summed E-state index contributed by atoms with van der Waals surface area (Å²) >= 11 is 1.32. The van der Waals surface area contributed by atoms with Crippen molar-refractivity contribution in [2.45, 2.75) is 30.7 Å². The molecular weight excluding hydrogens is 334 g/mol.